The van der Waals surface area contributed by atoms with E-state index in [4.69, 9.17) is 9.47 Å². The number of carbonyl (C=O) groups excluding carboxylic acids is 2. The summed E-state index contributed by atoms with van der Waals surface area (Å²) in [5, 5.41) is 12.0. The van der Waals surface area contributed by atoms with Gasteiger partial charge < -0.3 is 19.9 Å². The molecule has 40 heavy (non-hydrogen) atoms. The van der Waals surface area contributed by atoms with Gasteiger partial charge in [0.15, 0.2) is 0 Å². The van der Waals surface area contributed by atoms with E-state index in [1.54, 1.807) is 0 Å². The predicted octanol–water partition coefficient (Wildman–Crippen LogP) is 5.72. The molecular weight excluding hydrogens is 506 g/mol. The van der Waals surface area contributed by atoms with Crippen molar-refractivity contribution in [3.05, 3.63) is 119 Å². The highest BCUT2D eigenvalue weighted by Crippen LogP contribution is 2.45. The second kappa shape index (κ2) is 10.7. The Morgan fingerprint density at radius 1 is 0.625 bits per heavy atom. The fourth-order valence-electron chi connectivity index (χ4n) is 5.82. The van der Waals surface area contributed by atoms with Crippen molar-refractivity contribution in [2.75, 3.05) is 13.2 Å². The van der Waals surface area contributed by atoms with E-state index in [9.17, 15) is 19.5 Å². The lowest BCUT2D eigenvalue weighted by molar-refractivity contribution is -0.149. The maximum atomic E-state index is 12.7. The average molecular weight is 534 g/mol. The number of nitrogens with one attached hydrogen (secondary N) is 1. The molecule has 4 aromatic carbocycles. The van der Waals surface area contributed by atoms with Gasteiger partial charge >= 0.3 is 18.0 Å². The van der Waals surface area contributed by atoms with Crippen LogP contribution in [0.2, 0.25) is 0 Å². The molecule has 2 N–H and O–H groups in total. The van der Waals surface area contributed by atoms with Crippen LogP contribution < -0.4 is 5.32 Å². The third-order valence-corrected chi connectivity index (χ3v) is 7.68. The van der Waals surface area contributed by atoms with Crippen LogP contribution in [-0.4, -0.2) is 42.4 Å². The van der Waals surface area contributed by atoms with E-state index >= 15 is 0 Å². The molecule has 0 aliphatic heterocycles. The minimum Gasteiger partial charge on any atom is -0.480 e. The lowest BCUT2D eigenvalue weighted by atomic mass is 9.98. The Bertz CT molecular complexity index is 1410. The zero-order valence-electron chi connectivity index (χ0n) is 21.6. The van der Waals surface area contributed by atoms with Crippen molar-refractivity contribution in [1.29, 1.82) is 0 Å². The van der Waals surface area contributed by atoms with Crippen LogP contribution in [0.5, 0.6) is 0 Å². The lowest BCUT2D eigenvalue weighted by Gasteiger charge is -2.18. The molecule has 1 atom stereocenters. The molecule has 200 valence electrons. The van der Waals surface area contributed by atoms with Crippen molar-refractivity contribution < 1.29 is 29.0 Å². The van der Waals surface area contributed by atoms with Crippen molar-refractivity contribution in [2.45, 2.75) is 24.3 Å². The number of fused-ring (bicyclic) bond motifs is 6. The summed E-state index contributed by atoms with van der Waals surface area (Å²) >= 11 is 0. The first-order chi connectivity index (χ1) is 19.5. The molecular formula is C33H27NO6. The molecule has 2 aliphatic rings. The second-order valence-corrected chi connectivity index (χ2v) is 9.97. The van der Waals surface area contributed by atoms with E-state index in [1.165, 1.54) is 0 Å². The van der Waals surface area contributed by atoms with Gasteiger partial charge in [0.05, 0.1) is 6.42 Å². The van der Waals surface area contributed by atoms with Crippen LogP contribution in [0.3, 0.4) is 0 Å². The molecule has 0 heterocycles. The lowest BCUT2D eigenvalue weighted by Crippen LogP contribution is -2.43. The summed E-state index contributed by atoms with van der Waals surface area (Å²) in [6.07, 6.45) is -1.42. The largest absolute Gasteiger partial charge is 0.480 e. The summed E-state index contributed by atoms with van der Waals surface area (Å²) in [4.78, 5) is 37.2. The topological polar surface area (TPSA) is 102 Å². The van der Waals surface area contributed by atoms with Gasteiger partial charge in [-0.25, -0.2) is 9.59 Å². The van der Waals surface area contributed by atoms with Crippen molar-refractivity contribution in [3.8, 4) is 22.3 Å². The van der Waals surface area contributed by atoms with E-state index in [2.05, 4.69) is 5.32 Å². The molecule has 7 nitrogen and oxygen atoms in total. The number of carboxylic acids is 1. The molecule has 0 bridgehead atoms. The molecule has 2 aliphatic carbocycles. The highest BCUT2D eigenvalue weighted by Gasteiger charge is 2.32. The van der Waals surface area contributed by atoms with Crippen LogP contribution >= 0.6 is 0 Å². The molecule has 0 saturated carbocycles. The van der Waals surface area contributed by atoms with Gasteiger partial charge in [0.1, 0.15) is 19.3 Å². The molecule has 0 radical (unpaired) electrons. The molecule has 0 fully saturated rings. The minimum absolute atomic E-state index is 0.0388. The number of hydrogen-bond acceptors (Lipinski definition) is 5. The predicted molar refractivity (Wildman–Crippen MR) is 149 cm³/mol. The summed E-state index contributed by atoms with van der Waals surface area (Å²) in [7, 11) is 0. The molecule has 0 aromatic heterocycles. The third-order valence-electron chi connectivity index (χ3n) is 7.68. The highest BCUT2D eigenvalue weighted by molar-refractivity contribution is 5.85. The van der Waals surface area contributed by atoms with Gasteiger partial charge in [-0.3, -0.25) is 4.79 Å². The maximum Gasteiger partial charge on any atom is 0.407 e. The Kier molecular flexibility index (Phi) is 6.78. The Balaban J connectivity index is 1.06. The van der Waals surface area contributed by atoms with Crippen molar-refractivity contribution in [1.82, 2.24) is 5.32 Å². The number of benzene rings is 4. The van der Waals surface area contributed by atoms with E-state index in [-0.39, 0.29) is 25.0 Å². The number of aliphatic carboxylic acids is 1. The number of ether oxygens (including phenoxy) is 2. The van der Waals surface area contributed by atoms with E-state index in [0.717, 1.165) is 44.5 Å². The Labute approximate surface area is 231 Å². The molecule has 4 aromatic rings. The summed E-state index contributed by atoms with van der Waals surface area (Å²) < 4.78 is 11.0. The zero-order valence-corrected chi connectivity index (χ0v) is 21.6. The van der Waals surface area contributed by atoms with Crippen LogP contribution in [0, 0.1) is 0 Å². The fourth-order valence-corrected chi connectivity index (χ4v) is 5.82. The second-order valence-electron chi connectivity index (χ2n) is 9.97. The summed E-state index contributed by atoms with van der Waals surface area (Å²) in [5.74, 6) is -2.37. The number of esters is 1. The standard InChI is InChI=1S/C33H27NO6/c35-31(39-18-28-24-13-5-1-9-20(24)21-10-2-6-14-25(21)28)17-30(32(36)37)34-33(38)40-19-29-26-15-7-3-11-22(26)23-12-4-8-16-27(23)29/h1-16,28-30H,17-19H2,(H,34,38)(H,36,37)/t30-/m0/s1. The molecule has 1 amide bonds. The smallest absolute Gasteiger partial charge is 0.407 e. The molecule has 0 spiro atoms. The van der Waals surface area contributed by atoms with Gasteiger partial charge in [-0.15, -0.1) is 0 Å². The Hall–Kier alpha value is -4.91. The van der Waals surface area contributed by atoms with Crippen LogP contribution in [0.1, 0.15) is 40.5 Å². The first kappa shape index (κ1) is 25.4. The third kappa shape index (κ3) is 4.71. The molecule has 7 heteroatoms. The quantitative estimate of drug-likeness (QED) is 0.281. The van der Waals surface area contributed by atoms with Crippen LogP contribution in [0.25, 0.3) is 22.3 Å². The Morgan fingerprint density at radius 2 is 1.00 bits per heavy atom. The molecule has 0 unspecified atom stereocenters. The van der Waals surface area contributed by atoms with Crippen molar-refractivity contribution in [2.24, 2.45) is 0 Å². The number of carboxylic acid groups (broad SMARTS) is 1. The van der Waals surface area contributed by atoms with Crippen LogP contribution in [0.4, 0.5) is 4.79 Å². The van der Waals surface area contributed by atoms with Gasteiger partial charge in [-0.2, -0.15) is 0 Å². The van der Waals surface area contributed by atoms with Crippen molar-refractivity contribution >= 4 is 18.0 Å². The number of hydrogen-bond donors (Lipinski definition) is 2. The number of carbonyl (C=O) groups is 3. The van der Waals surface area contributed by atoms with Crippen LogP contribution in [0.15, 0.2) is 97.1 Å². The van der Waals surface area contributed by atoms with Gasteiger partial charge in [0.25, 0.3) is 0 Å². The van der Waals surface area contributed by atoms with Gasteiger partial charge in [0.2, 0.25) is 0 Å². The minimum atomic E-state index is -1.48. The SMILES string of the molecule is O=C(C[C@H](NC(=O)OCC1c2ccccc2-c2ccccc21)C(=O)O)OCC1c2ccccc2-c2ccccc21. The Morgan fingerprint density at radius 3 is 1.40 bits per heavy atom. The van der Waals surface area contributed by atoms with Crippen molar-refractivity contribution in [3.63, 3.8) is 0 Å². The van der Waals surface area contributed by atoms with Crippen LogP contribution in [-0.2, 0) is 19.1 Å². The highest BCUT2D eigenvalue weighted by atomic mass is 16.6. The van der Waals surface area contributed by atoms with E-state index < -0.39 is 30.5 Å². The monoisotopic (exact) mass is 533 g/mol. The summed E-state index contributed by atoms with van der Waals surface area (Å²) in [6, 6.07) is 30.3. The number of amides is 1. The van der Waals surface area contributed by atoms with Gasteiger partial charge in [-0.1, -0.05) is 97.1 Å². The van der Waals surface area contributed by atoms with E-state index in [1.807, 2.05) is 97.1 Å². The molecule has 0 saturated heterocycles. The maximum absolute atomic E-state index is 12.7. The van der Waals surface area contributed by atoms with Gasteiger partial charge in [0, 0.05) is 11.8 Å². The molecule has 6 rings (SSSR count). The van der Waals surface area contributed by atoms with Gasteiger partial charge in [-0.05, 0) is 44.5 Å². The first-order valence-corrected chi connectivity index (χ1v) is 13.2. The first-order valence-electron chi connectivity index (χ1n) is 13.2. The number of alkyl carbamates (subject to hydrolysis) is 1. The zero-order chi connectivity index (χ0) is 27.6. The number of rotatable bonds is 8. The summed E-state index contributed by atoms with van der Waals surface area (Å²) in [5.41, 5.74) is 8.58. The van der Waals surface area contributed by atoms with E-state index in [0.29, 0.717) is 0 Å². The summed E-state index contributed by atoms with van der Waals surface area (Å²) in [6.45, 7) is 0.112. The fraction of sp³-hybridized carbons (Fsp3) is 0.182. The average Bonchev–Trinajstić information content (AvgIpc) is 3.47. The normalized spacial score (nSPS) is 13.9.